The lowest BCUT2D eigenvalue weighted by Gasteiger charge is -2.19. The third-order valence-corrected chi connectivity index (χ3v) is 4.85. The molecule has 1 amide bonds. The second-order valence-corrected chi connectivity index (χ2v) is 6.58. The Morgan fingerprint density at radius 3 is 2.56 bits per heavy atom. The molecule has 0 radical (unpaired) electrons. The van der Waals surface area contributed by atoms with Gasteiger partial charge in [-0.25, -0.2) is 5.43 Å². The summed E-state index contributed by atoms with van der Waals surface area (Å²) in [6.07, 6.45) is 2.98. The molecule has 1 heterocycles. The normalized spacial score (nSPS) is 19.7. The van der Waals surface area contributed by atoms with Crippen molar-refractivity contribution in [3.05, 3.63) is 71.3 Å². The van der Waals surface area contributed by atoms with Crippen LogP contribution in [0.15, 0.2) is 54.6 Å². The molecule has 1 saturated heterocycles. The van der Waals surface area contributed by atoms with Crippen LogP contribution in [0.1, 0.15) is 36.1 Å². The van der Waals surface area contributed by atoms with E-state index in [0.717, 1.165) is 24.8 Å². The number of rotatable bonds is 7. The third-order valence-electron chi connectivity index (χ3n) is 4.85. The molecule has 25 heavy (non-hydrogen) atoms. The van der Waals surface area contributed by atoms with Gasteiger partial charge in [0.2, 0.25) is 5.91 Å². The van der Waals surface area contributed by atoms with Crippen LogP contribution >= 0.6 is 0 Å². The maximum absolute atomic E-state index is 12.6. The van der Waals surface area contributed by atoms with Crippen LogP contribution in [0.25, 0.3) is 0 Å². The Labute approximate surface area is 150 Å². The van der Waals surface area contributed by atoms with E-state index >= 15 is 0 Å². The average Bonchev–Trinajstić information content (AvgIpc) is 3.16. The molecule has 1 aliphatic heterocycles. The highest BCUT2D eigenvalue weighted by Crippen LogP contribution is 2.25. The highest BCUT2D eigenvalue weighted by atomic mass is 16.2. The molecule has 1 fully saturated rings. The molecular weight excluding hydrogens is 310 g/mol. The fourth-order valence-corrected chi connectivity index (χ4v) is 3.30. The van der Waals surface area contributed by atoms with E-state index < -0.39 is 0 Å². The summed E-state index contributed by atoms with van der Waals surface area (Å²) in [5.41, 5.74) is 10.2. The average molecular weight is 337 g/mol. The summed E-state index contributed by atoms with van der Waals surface area (Å²) in [5, 5.41) is 3.10. The number of nitrogens with one attached hydrogen (secondary N) is 3. The molecule has 3 N–H and O–H groups in total. The van der Waals surface area contributed by atoms with Gasteiger partial charge >= 0.3 is 0 Å². The first-order chi connectivity index (χ1) is 12.3. The van der Waals surface area contributed by atoms with Crippen molar-refractivity contribution in [2.45, 2.75) is 32.2 Å². The summed E-state index contributed by atoms with van der Waals surface area (Å²) >= 11 is 0. The summed E-state index contributed by atoms with van der Waals surface area (Å²) in [6, 6.07) is 19.0. The number of benzene rings is 2. The van der Waals surface area contributed by atoms with E-state index in [0.29, 0.717) is 13.1 Å². The van der Waals surface area contributed by atoms with Crippen molar-refractivity contribution in [3.63, 3.8) is 0 Å². The van der Waals surface area contributed by atoms with Gasteiger partial charge in [-0.2, -0.15) is 0 Å². The summed E-state index contributed by atoms with van der Waals surface area (Å²) < 4.78 is 0. The number of hydrazine groups is 1. The van der Waals surface area contributed by atoms with Gasteiger partial charge in [-0.3, -0.25) is 10.2 Å². The maximum atomic E-state index is 12.6. The summed E-state index contributed by atoms with van der Waals surface area (Å²) in [6.45, 7) is 3.52. The van der Waals surface area contributed by atoms with Crippen LogP contribution in [0.2, 0.25) is 0 Å². The molecule has 2 unspecified atom stereocenters. The molecule has 0 saturated carbocycles. The van der Waals surface area contributed by atoms with E-state index in [1.54, 1.807) is 0 Å². The lowest BCUT2D eigenvalue weighted by Crippen LogP contribution is -2.35. The van der Waals surface area contributed by atoms with Gasteiger partial charge < -0.3 is 5.32 Å². The van der Waals surface area contributed by atoms with Crippen LogP contribution in [-0.2, 0) is 17.6 Å². The van der Waals surface area contributed by atoms with Crippen LogP contribution in [0.3, 0.4) is 0 Å². The third kappa shape index (κ3) is 4.68. The summed E-state index contributed by atoms with van der Waals surface area (Å²) in [4.78, 5) is 12.6. The van der Waals surface area contributed by atoms with Crippen molar-refractivity contribution in [1.29, 1.82) is 0 Å². The van der Waals surface area contributed by atoms with Gasteiger partial charge in [-0.1, -0.05) is 61.5 Å². The highest BCUT2D eigenvalue weighted by molar-refractivity contribution is 5.80. The molecule has 3 rings (SSSR count). The van der Waals surface area contributed by atoms with Crippen molar-refractivity contribution in [1.82, 2.24) is 16.2 Å². The molecular formula is C21H27N3O. The van der Waals surface area contributed by atoms with Gasteiger partial charge in [0.15, 0.2) is 0 Å². The minimum absolute atomic E-state index is 0.0278. The molecule has 1 aliphatic rings. The number of aryl methyl sites for hydroxylation is 2. The van der Waals surface area contributed by atoms with Gasteiger partial charge in [0.05, 0.1) is 12.0 Å². The predicted molar refractivity (Wildman–Crippen MR) is 101 cm³/mol. The zero-order chi connectivity index (χ0) is 17.5. The predicted octanol–water partition coefficient (Wildman–Crippen LogP) is 2.76. The fourth-order valence-electron chi connectivity index (χ4n) is 3.30. The first-order valence-corrected chi connectivity index (χ1v) is 9.17. The van der Waals surface area contributed by atoms with Crippen molar-refractivity contribution in [3.8, 4) is 0 Å². The Morgan fingerprint density at radius 2 is 1.84 bits per heavy atom. The van der Waals surface area contributed by atoms with E-state index in [4.69, 9.17) is 0 Å². The van der Waals surface area contributed by atoms with Gasteiger partial charge in [-0.05, 0) is 36.0 Å². The smallest absolute Gasteiger partial charge is 0.226 e. The number of carbonyl (C=O) groups excluding carboxylic acids is 1. The Balaban J connectivity index is 1.50. The number of hydrogen-bond acceptors (Lipinski definition) is 3. The quantitative estimate of drug-likeness (QED) is 0.681. The van der Waals surface area contributed by atoms with Crippen LogP contribution in [0.5, 0.6) is 0 Å². The van der Waals surface area contributed by atoms with Crippen LogP contribution in [-0.4, -0.2) is 19.0 Å². The van der Waals surface area contributed by atoms with Crippen molar-refractivity contribution < 1.29 is 4.79 Å². The van der Waals surface area contributed by atoms with Gasteiger partial charge in [0.1, 0.15) is 0 Å². The van der Waals surface area contributed by atoms with E-state index in [1.807, 2.05) is 6.07 Å². The van der Waals surface area contributed by atoms with Crippen LogP contribution in [0, 0.1) is 5.92 Å². The molecule has 2 aromatic carbocycles. The van der Waals surface area contributed by atoms with E-state index in [1.165, 1.54) is 11.1 Å². The minimum Gasteiger partial charge on any atom is -0.356 e. The maximum Gasteiger partial charge on any atom is 0.226 e. The second-order valence-electron chi connectivity index (χ2n) is 6.58. The highest BCUT2D eigenvalue weighted by Gasteiger charge is 2.33. The fraction of sp³-hybridized carbons (Fsp3) is 0.381. The first-order valence-electron chi connectivity index (χ1n) is 9.17. The number of carbonyl (C=O) groups is 1. The topological polar surface area (TPSA) is 53.2 Å². The lowest BCUT2D eigenvalue weighted by atomic mass is 9.93. The zero-order valence-corrected chi connectivity index (χ0v) is 14.8. The Kier molecular flexibility index (Phi) is 6.20. The molecule has 132 valence electrons. The largest absolute Gasteiger partial charge is 0.356 e. The van der Waals surface area contributed by atoms with E-state index in [-0.39, 0.29) is 17.9 Å². The molecule has 0 spiro atoms. The zero-order valence-electron chi connectivity index (χ0n) is 14.8. The van der Waals surface area contributed by atoms with Crippen LogP contribution < -0.4 is 16.2 Å². The van der Waals surface area contributed by atoms with Gasteiger partial charge in [0, 0.05) is 13.1 Å². The SMILES string of the molecule is CCc1ccc(C2NNCC2C(=O)NCCCc2ccccc2)cc1. The molecule has 4 heteroatoms. The standard InChI is InChI=1S/C21H27N3O/c1-2-16-10-12-18(13-11-16)20-19(15-23-24-20)21(25)22-14-6-9-17-7-4-3-5-8-17/h3-5,7-8,10-13,19-20,23-24H,2,6,9,14-15H2,1H3,(H,22,25). The van der Waals surface area contributed by atoms with Gasteiger partial charge in [-0.15, -0.1) is 0 Å². The molecule has 2 atom stereocenters. The lowest BCUT2D eigenvalue weighted by molar-refractivity contribution is -0.124. The van der Waals surface area contributed by atoms with Gasteiger partial charge in [0.25, 0.3) is 0 Å². The van der Waals surface area contributed by atoms with E-state index in [2.05, 4.69) is 71.6 Å². The Morgan fingerprint density at radius 1 is 1.08 bits per heavy atom. The van der Waals surface area contributed by atoms with E-state index in [9.17, 15) is 4.79 Å². The van der Waals surface area contributed by atoms with Crippen molar-refractivity contribution in [2.24, 2.45) is 5.92 Å². The second kappa shape index (κ2) is 8.79. The molecule has 0 aromatic heterocycles. The monoisotopic (exact) mass is 337 g/mol. The Bertz CT molecular complexity index is 669. The van der Waals surface area contributed by atoms with Crippen molar-refractivity contribution in [2.75, 3.05) is 13.1 Å². The minimum atomic E-state index is -0.0794. The summed E-state index contributed by atoms with van der Waals surface area (Å²) in [7, 11) is 0. The first kappa shape index (κ1) is 17.6. The number of amides is 1. The summed E-state index contributed by atoms with van der Waals surface area (Å²) in [5.74, 6) is 0.0410. The number of hydrogen-bond donors (Lipinski definition) is 3. The molecule has 0 bridgehead atoms. The van der Waals surface area contributed by atoms with Crippen molar-refractivity contribution >= 4 is 5.91 Å². The molecule has 2 aromatic rings. The molecule has 0 aliphatic carbocycles. The molecule has 4 nitrogen and oxygen atoms in total. The Hall–Kier alpha value is -2.17. The van der Waals surface area contributed by atoms with Crippen LogP contribution in [0.4, 0.5) is 0 Å².